The van der Waals surface area contributed by atoms with E-state index in [4.69, 9.17) is 5.11 Å². The Labute approximate surface area is 91.3 Å². The quantitative estimate of drug-likeness (QED) is 0.872. The van der Waals surface area contributed by atoms with Gasteiger partial charge in [-0.15, -0.1) is 0 Å². The van der Waals surface area contributed by atoms with Crippen molar-refractivity contribution in [1.29, 1.82) is 0 Å². The smallest absolute Gasteiger partial charge is 0.128 e. The maximum absolute atomic E-state index is 13.4. The number of nitrogens with one attached hydrogen (secondary N) is 1. The lowest BCUT2D eigenvalue weighted by molar-refractivity contribution is 0.267. The molecule has 0 aliphatic carbocycles. The lowest BCUT2D eigenvalue weighted by Crippen LogP contribution is -2.18. The van der Waals surface area contributed by atoms with Gasteiger partial charge in [0.15, 0.2) is 0 Å². The van der Waals surface area contributed by atoms with E-state index < -0.39 is 0 Å². The summed E-state index contributed by atoms with van der Waals surface area (Å²) in [5.74, 6) is -0.249. The summed E-state index contributed by atoms with van der Waals surface area (Å²) in [5.41, 5.74) is 0.580. The van der Waals surface area contributed by atoms with Crippen molar-refractivity contribution in [2.45, 2.75) is 12.5 Å². The first-order valence-electron chi connectivity index (χ1n) is 4.42. The Kier molecular flexibility index (Phi) is 4.51. The fourth-order valence-corrected chi connectivity index (χ4v) is 1.74. The molecule has 0 heterocycles. The van der Waals surface area contributed by atoms with Gasteiger partial charge >= 0.3 is 0 Å². The Morgan fingerprint density at radius 3 is 2.86 bits per heavy atom. The van der Waals surface area contributed by atoms with E-state index in [2.05, 4.69) is 21.2 Å². The SMILES string of the molecule is CNC(CCO)c1cc(Br)ccc1F. The van der Waals surface area contributed by atoms with Crippen LogP contribution in [-0.2, 0) is 0 Å². The van der Waals surface area contributed by atoms with E-state index in [1.54, 1.807) is 19.2 Å². The number of hydrogen-bond donors (Lipinski definition) is 2. The van der Waals surface area contributed by atoms with Crippen LogP contribution in [0.4, 0.5) is 4.39 Å². The molecule has 0 fully saturated rings. The lowest BCUT2D eigenvalue weighted by Gasteiger charge is -2.16. The number of aliphatic hydroxyl groups excluding tert-OH is 1. The molecular formula is C10H13BrFNO. The molecule has 0 aliphatic rings. The van der Waals surface area contributed by atoms with Gasteiger partial charge in [0.1, 0.15) is 5.82 Å². The largest absolute Gasteiger partial charge is 0.396 e. The zero-order chi connectivity index (χ0) is 10.6. The van der Waals surface area contributed by atoms with Crippen LogP contribution in [0.25, 0.3) is 0 Å². The molecule has 14 heavy (non-hydrogen) atoms. The van der Waals surface area contributed by atoms with E-state index in [1.807, 2.05) is 0 Å². The van der Waals surface area contributed by atoms with Crippen molar-refractivity contribution in [2.75, 3.05) is 13.7 Å². The van der Waals surface area contributed by atoms with E-state index in [-0.39, 0.29) is 18.5 Å². The summed E-state index contributed by atoms with van der Waals surface area (Å²) in [6, 6.07) is 4.66. The maximum Gasteiger partial charge on any atom is 0.128 e. The third kappa shape index (κ3) is 2.77. The minimum Gasteiger partial charge on any atom is -0.396 e. The molecule has 0 aromatic heterocycles. The molecule has 78 valence electrons. The predicted octanol–water partition coefficient (Wildman–Crippen LogP) is 2.23. The Bertz CT molecular complexity index is 306. The van der Waals surface area contributed by atoms with Crippen LogP contribution in [-0.4, -0.2) is 18.8 Å². The minimum atomic E-state index is -0.249. The van der Waals surface area contributed by atoms with E-state index in [0.717, 1.165) is 4.47 Å². The van der Waals surface area contributed by atoms with Crippen molar-refractivity contribution in [3.63, 3.8) is 0 Å². The summed E-state index contributed by atoms with van der Waals surface area (Å²) in [6.45, 7) is 0.0391. The number of rotatable bonds is 4. The van der Waals surface area contributed by atoms with Crippen LogP contribution in [0.15, 0.2) is 22.7 Å². The summed E-state index contributed by atoms with van der Waals surface area (Å²) in [5, 5.41) is 11.8. The summed E-state index contributed by atoms with van der Waals surface area (Å²) < 4.78 is 14.2. The first-order valence-corrected chi connectivity index (χ1v) is 5.21. The second-order valence-corrected chi connectivity index (χ2v) is 3.94. The summed E-state index contributed by atoms with van der Waals surface area (Å²) >= 11 is 3.29. The molecule has 0 radical (unpaired) electrons. The van der Waals surface area contributed by atoms with E-state index in [9.17, 15) is 4.39 Å². The highest BCUT2D eigenvalue weighted by Crippen LogP contribution is 2.23. The van der Waals surface area contributed by atoms with Crippen LogP contribution in [0, 0.1) is 5.82 Å². The number of aliphatic hydroxyl groups is 1. The van der Waals surface area contributed by atoms with Crippen molar-refractivity contribution in [1.82, 2.24) is 5.32 Å². The Balaban J connectivity index is 2.96. The second kappa shape index (κ2) is 5.44. The molecule has 4 heteroatoms. The molecular weight excluding hydrogens is 249 g/mol. The summed E-state index contributed by atoms with van der Waals surface area (Å²) in [7, 11) is 1.75. The molecule has 0 amide bonds. The monoisotopic (exact) mass is 261 g/mol. The molecule has 1 rings (SSSR count). The average Bonchev–Trinajstić information content (AvgIpc) is 2.18. The van der Waals surface area contributed by atoms with E-state index in [1.165, 1.54) is 6.07 Å². The van der Waals surface area contributed by atoms with Gasteiger partial charge in [-0.25, -0.2) is 4.39 Å². The molecule has 2 nitrogen and oxygen atoms in total. The molecule has 0 saturated heterocycles. The Morgan fingerprint density at radius 1 is 1.57 bits per heavy atom. The fraction of sp³-hybridized carbons (Fsp3) is 0.400. The topological polar surface area (TPSA) is 32.3 Å². The normalized spacial score (nSPS) is 12.9. The van der Waals surface area contributed by atoms with Gasteiger partial charge in [-0.2, -0.15) is 0 Å². The highest BCUT2D eigenvalue weighted by Gasteiger charge is 2.13. The van der Waals surface area contributed by atoms with Gasteiger partial charge in [-0.1, -0.05) is 15.9 Å². The van der Waals surface area contributed by atoms with E-state index >= 15 is 0 Å². The number of halogens is 2. The molecule has 1 aromatic rings. The van der Waals surface area contributed by atoms with Crippen LogP contribution in [0.3, 0.4) is 0 Å². The Hall–Kier alpha value is -0.450. The summed E-state index contributed by atoms with van der Waals surface area (Å²) in [6.07, 6.45) is 0.504. The highest BCUT2D eigenvalue weighted by molar-refractivity contribution is 9.10. The zero-order valence-corrected chi connectivity index (χ0v) is 9.51. The van der Waals surface area contributed by atoms with Crippen LogP contribution < -0.4 is 5.32 Å². The molecule has 1 aromatic carbocycles. The van der Waals surface area contributed by atoms with Gasteiger partial charge in [-0.3, -0.25) is 0 Å². The predicted molar refractivity (Wildman–Crippen MR) is 57.6 cm³/mol. The van der Waals surface area contributed by atoms with Gasteiger partial charge in [0.2, 0.25) is 0 Å². The van der Waals surface area contributed by atoms with Crippen molar-refractivity contribution in [3.8, 4) is 0 Å². The molecule has 0 spiro atoms. The molecule has 1 unspecified atom stereocenters. The zero-order valence-electron chi connectivity index (χ0n) is 7.93. The lowest BCUT2D eigenvalue weighted by atomic mass is 10.0. The van der Waals surface area contributed by atoms with Gasteiger partial charge < -0.3 is 10.4 Å². The van der Waals surface area contributed by atoms with Gasteiger partial charge in [0.25, 0.3) is 0 Å². The maximum atomic E-state index is 13.4. The van der Waals surface area contributed by atoms with Crippen LogP contribution in [0.1, 0.15) is 18.0 Å². The average molecular weight is 262 g/mol. The highest BCUT2D eigenvalue weighted by atomic mass is 79.9. The third-order valence-corrected chi connectivity index (χ3v) is 2.59. The van der Waals surface area contributed by atoms with E-state index in [0.29, 0.717) is 12.0 Å². The second-order valence-electron chi connectivity index (χ2n) is 3.02. The van der Waals surface area contributed by atoms with Crippen LogP contribution in [0.2, 0.25) is 0 Å². The fourth-order valence-electron chi connectivity index (χ4n) is 1.37. The van der Waals surface area contributed by atoms with Crippen molar-refractivity contribution in [3.05, 3.63) is 34.1 Å². The first-order chi connectivity index (χ1) is 6.69. The molecule has 0 saturated carbocycles. The standard InChI is InChI=1S/C10H13BrFNO/c1-13-10(4-5-14)8-6-7(11)2-3-9(8)12/h2-3,6,10,13-14H,4-5H2,1H3. The molecule has 1 atom stereocenters. The van der Waals surface area contributed by atoms with Crippen molar-refractivity contribution >= 4 is 15.9 Å². The molecule has 0 aliphatic heterocycles. The van der Waals surface area contributed by atoms with Gasteiger partial charge in [0, 0.05) is 22.7 Å². The number of benzene rings is 1. The third-order valence-electron chi connectivity index (χ3n) is 2.10. The van der Waals surface area contributed by atoms with Gasteiger partial charge in [0.05, 0.1) is 0 Å². The van der Waals surface area contributed by atoms with Crippen LogP contribution in [0.5, 0.6) is 0 Å². The summed E-state index contributed by atoms with van der Waals surface area (Å²) in [4.78, 5) is 0. The minimum absolute atomic E-state index is 0.0391. The van der Waals surface area contributed by atoms with Crippen molar-refractivity contribution in [2.24, 2.45) is 0 Å². The first kappa shape index (κ1) is 11.6. The number of hydrogen-bond acceptors (Lipinski definition) is 2. The molecule has 0 bridgehead atoms. The van der Waals surface area contributed by atoms with Gasteiger partial charge in [-0.05, 0) is 31.7 Å². The van der Waals surface area contributed by atoms with Crippen molar-refractivity contribution < 1.29 is 9.50 Å². The Morgan fingerprint density at radius 2 is 2.29 bits per heavy atom. The molecule has 2 N–H and O–H groups in total. The van der Waals surface area contributed by atoms with Crippen LogP contribution >= 0.6 is 15.9 Å².